The Morgan fingerprint density at radius 3 is 2.35 bits per heavy atom. The molecule has 2 aromatic carbocycles. The fraction of sp³-hybridized carbons (Fsp3) is 0.0714. The monoisotopic (exact) mass is 227 g/mol. The molecule has 0 amide bonds. The van der Waals surface area contributed by atoms with E-state index >= 15 is 0 Å². The number of ether oxygens (including phenoxy) is 1. The summed E-state index contributed by atoms with van der Waals surface area (Å²) in [5, 5.41) is 2.96. The van der Waals surface area contributed by atoms with E-state index in [1.807, 2.05) is 36.4 Å². The van der Waals surface area contributed by atoms with Crippen LogP contribution in [0.25, 0.3) is 0 Å². The molecule has 2 aromatic rings. The predicted octanol–water partition coefficient (Wildman–Crippen LogP) is 2.95. The lowest BCUT2D eigenvalue weighted by Crippen LogP contribution is -2.10. The van der Waals surface area contributed by atoms with Gasteiger partial charge in [-0.2, -0.15) is 0 Å². The highest BCUT2D eigenvalue weighted by atomic mass is 16.5. The van der Waals surface area contributed by atoms with Crippen LogP contribution in [-0.2, 0) is 0 Å². The second-order valence-electron chi connectivity index (χ2n) is 3.50. The van der Waals surface area contributed by atoms with Crippen molar-refractivity contribution >= 4 is 11.7 Å². The van der Waals surface area contributed by atoms with E-state index in [-0.39, 0.29) is 5.97 Å². The summed E-state index contributed by atoms with van der Waals surface area (Å²) >= 11 is 0. The molecule has 0 atom stereocenters. The number of hydrogen-bond donors (Lipinski definition) is 1. The third-order valence-electron chi connectivity index (χ3n) is 2.37. The average molecular weight is 227 g/mol. The molecule has 0 fully saturated rings. The van der Waals surface area contributed by atoms with Gasteiger partial charge in [0, 0.05) is 12.7 Å². The van der Waals surface area contributed by atoms with Gasteiger partial charge in [0.05, 0.1) is 5.56 Å². The molecule has 17 heavy (non-hydrogen) atoms. The molecule has 3 nitrogen and oxygen atoms in total. The first-order chi connectivity index (χ1) is 8.31. The van der Waals surface area contributed by atoms with Gasteiger partial charge in [0.2, 0.25) is 0 Å². The summed E-state index contributed by atoms with van der Waals surface area (Å²) in [6, 6.07) is 16.3. The van der Waals surface area contributed by atoms with Crippen molar-refractivity contribution in [1.29, 1.82) is 0 Å². The molecule has 86 valence electrons. The molecule has 0 aliphatic carbocycles. The van der Waals surface area contributed by atoms with Crippen molar-refractivity contribution in [3.63, 3.8) is 0 Å². The van der Waals surface area contributed by atoms with Gasteiger partial charge in [0.15, 0.2) is 0 Å². The molecule has 0 saturated heterocycles. The van der Waals surface area contributed by atoms with Gasteiger partial charge in [-0.3, -0.25) is 0 Å². The number of rotatable bonds is 3. The van der Waals surface area contributed by atoms with E-state index in [2.05, 4.69) is 5.32 Å². The Morgan fingerprint density at radius 2 is 1.65 bits per heavy atom. The van der Waals surface area contributed by atoms with Crippen LogP contribution in [-0.4, -0.2) is 13.0 Å². The minimum atomic E-state index is -0.360. The number of para-hydroxylation sites is 2. The molecule has 3 heteroatoms. The molecule has 0 unspecified atom stereocenters. The SMILES string of the molecule is CNc1ccccc1C(=O)Oc1ccccc1. The highest BCUT2D eigenvalue weighted by Gasteiger charge is 2.11. The molecule has 0 aliphatic rings. The minimum absolute atomic E-state index is 0.360. The van der Waals surface area contributed by atoms with Crippen LogP contribution in [0, 0.1) is 0 Å². The minimum Gasteiger partial charge on any atom is -0.423 e. The fourth-order valence-corrected chi connectivity index (χ4v) is 1.53. The first-order valence-corrected chi connectivity index (χ1v) is 5.35. The Balaban J connectivity index is 2.20. The maximum Gasteiger partial charge on any atom is 0.345 e. The summed E-state index contributed by atoms with van der Waals surface area (Å²) < 4.78 is 5.26. The predicted molar refractivity (Wildman–Crippen MR) is 67.4 cm³/mol. The zero-order valence-corrected chi connectivity index (χ0v) is 9.51. The van der Waals surface area contributed by atoms with Gasteiger partial charge < -0.3 is 10.1 Å². The second-order valence-corrected chi connectivity index (χ2v) is 3.50. The van der Waals surface area contributed by atoms with Crippen molar-refractivity contribution in [1.82, 2.24) is 0 Å². The molecule has 0 saturated carbocycles. The third-order valence-corrected chi connectivity index (χ3v) is 2.37. The molecular formula is C14H13NO2. The van der Waals surface area contributed by atoms with Crippen molar-refractivity contribution in [3.8, 4) is 5.75 Å². The number of carbonyl (C=O) groups excluding carboxylic acids is 1. The van der Waals surface area contributed by atoms with E-state index in [1.165, 1.54) is 0 Å². The lowest BCUT2D eigenvalue weighted by Gasteiger charge is -2.08. The van der Waals surface area contributed by atoms with E-state index in [1.54, 1.807) is 25.2 Å². The van der Waals surface area contributed by atoms with Crippen LogP contribution in [0.5, 0.6) is 5.75 Å². The highest BCUT2D eigenvalue weighted by Crippen LogP contribution is 2.17. The molecular weight excluding hydrogens is 214 g/mol. The van der Waals surface area contributed by atoms with E-state index < -0.39 is 0 Å². The fourth-order valence-electron chi connectivity index (χ4n) is 1.53. The Labute approximate surface area is 100 Å². The molecule has 0 heterocycles. The molecule has 0 spiro atoms. The molecule has 2 rings (SSSR count). The van der Waals surface area contributed by atoms with Crippen LogP contribution >= 0.6 is 0 Å². The summed E-state index contributed by atoms with van der Waals surface area (Å²) in [7, 11) is 1.77. The Morgan fingerprint density at radius 1 is 1.00 bits per heavy atom. The largest absolute Gasteiger partial charge is 0.423 e. The van der Waals surface area contributed by atoms with Crippen molar-refractivity contribution < 1.29 is 9.53 Å². The van der Waals surface area contributed by atoms with Gasteiger partial charge in [-0.05, 0) is 24.3 Å². The summed E-state index contributed by atoms with van der Waals surface area (Å²) in [5.74, 6) is 0.185. The van der Waals surface area contributed by atoms with Crippen molar-refractivity contribution in [2.75, 3.05) is 12.4 Å². The zero-order chi connectivity index (χ0) is 12.1. The number of hydrogen-bond acceptors (Lipinski definition) is 3. The van der Waals surface area contributed by atoms with E-state index in [4.69, 9.17) is 4.74 Å². The summed E-state index contributed by atoms with van der Waals surface area (Å²) in [6.45, 7) is 0. The number of nitrogens with one attached hydrogen (secondary N) is 1. The highest BCUT2D eigenvalue weighted by molar-refractivity contribution is 5.96. The van der Waals surface area contributed by atoms with Crippen LogP contribution in [0.4, 0.5) is 5.69 Å². The summed E-state index contributed by atoms with van der Waals surface area (Å²) in [4.78, 5) is 11.9. The molecule has 0 radical (unpaired) electrons. The number of anilines is 1. The molecule has 1 N–H and O–H groups in total. The third kappa shape index (κ3) is 2.64. The van der Waals surface area contributed by atoms with E-state index in [9.17, 15) is 4.79 Å². The van der Waals surface area contributed by atoms with Crippen LogP contribution in [0.3, 0.4) is 0 Å². The lowest BCUT2D eigenvalue weighted by atomic mass is 10.2. The van der Waals surface area contributed by atoms with Crippen LogP contribution in [0.1, 0.15) is 10.4 Å². The van der Waals surface area contributed by atoms with Crippen LogP contribution in [0.15, 0.2) is 54.6 Å². The smallest absolute Gasteiger partial charge is 0.345 e. The zero-order valence-electron chi connectivity index (χ0n) is 9.51. The first-order valence-electron chi connectivity index (χ1n) is 5.35. The summed E-state index contributed by atoms with van der Waals surface area (Å²) in [5.41, 5.74) is 1.28. The standard InChI is InChI=1S/C14H13NO2/c1-15-13-10-6-5-9-12(13)14(16)17-11-7-3-2-4-8-11/h2-10,15H,1H3. The van der Waals surface area contributed by atoms with Crippen molar-refractivity contribution in [2.45, 2.75) is 0 Å². The van der Waals surface area contributed by atoms with Gasteiger partial charge in [-0.15, -0.1) is 0 Å². The van der Waals surface area contributed by atoms with E-state index in [0.29, 0.717) is 11.3 Å². The van der Waals surface area contributed by atoms with Gasteiger partial charge >= 0.3 is 5.97 Å². The van der Waals surface area contributed by atoms with Gasteiger partial charge in [-0.25, -0.2) is 4.79 Å². The number of benzene rings is 2. The molecule has 0 aliphatic heterocycles. The van der Waals surface area contributed by atoms with E-state index in [0.717, 1.165) is 5.69 Å². The maximum atomic E-state index is 11.9. The Bertz CT molecular complexity index is 509. The first kappa shape index (κ1) is 11.2. The van der Waals surface area contributed by atoms with Crippen LogP contribution in [0.2, 0.25) is 0 Å². The number of esters is 1. The summed E-state index contributed by atoms with van der Waals surface area (Å²) in [6.07, 6.45) is 0. The molecule has 0 bridgehead atoms. The normalized spacial score (nSPS) is 9.71. The number of carbonyl (C=O) groups is 1. The van der Waals surface area contributed by atoms with Gasteiger partial charge in [0.1, 0.15) is 5.75 Å². The molecule has 0 aromatic heterocycles. The average Bonchev–Trinajstić information content (AvgIpc) is 2.40. The maximum absolute atomic E-state index is 11.9. The van der Waals surface area contributed by atoms with Gasteiger partial charge in [-0.1, -0.05) is 30.3 Å². The quantitative estimate of drug-likeness (QED) is 0.647. The van der Waals surface area contributed by atoms with Crippen molar-refractivity contribution in [2.24, 2.45) is 0 Å². The topological polar surface area (TPSA) is 38.3 Å². The lowest BCUT2D eigenvalue weighted by molar-refractivity contribution is 0.0736. The van der Waals surface area contributed by atoms with Crippen molar-refractivity contribution in [3.05, 3.63) is 60.2 Å². The van der Waals surface area contributed by atoms with Crippen LogP contribution < -0.4 is 10.1 Å². The second kappa shape index (κ2) is 5.16. The Hall–Kier alpha value is -2.29. The Kier molecular flexibility index (Phi) is 3.40. The van der Waals surface area contributed by atoms with Gasteiger partial charge in [0.25, 0.3) is 0 Å².